The third-order valence-electron chi connectivity index (χ3n) is 7.76. The highest BCUT2D eigenvalue weighted by atomic mass is 14.2. The standard InChI is InChI=1S/C44H26/c1-2-13-37(38-23-19-32-17-15-28-7-4-9-30-21-25-40(38)44(32)42(28)30)35(12-1)33-10-5-11-34(26-33)36-22-18-31-16-14-27-6-3-8-29-20-24-39(36)43(31)41(27)29/h1-26H/i1D,2D,3D,4D,5D,7D,8D,9D,10D,11D,12D,13D,14D,15D,16D,17D,18D,19D,20D,21D,22D,23D,24D,25D,26D. The molecule has 0 N–H and O–H groups in total. The lowest BCUT2D eigenvalue weighted by Gasteiger charge is -2.17. The number of hydrogen-bond donors (Lipinski definition) is 0. The van der Waals surface area contributed by atoms with Gasteiger partial charge in [0.25, 0.3) is 0 Å². The van der Waals surface area contributed by atoms with E-state index in [2.05, 4.69) is 0 Å². The lowest BCUT2D eigenvalue weighted by molar-refractivity contribution is 1.59. The van der Waals surface area contributed by atoms with Gasteiger partial charge in [-0.25, -0.2) is 0 Å². The van der Waals surface area contributed by atoms with Gasteiger partial charge in [-0.2, -0.15) is 0 Å². The minimum Gasteiger partial charge on any atom is -0.0616 e. The topological polar surface area (TPSA) is 0 Å². The summed E-state index contributed by atoms with van der Waals surface area (Å²) in [7, 11) is 0. The average Bonchev–Trinajstić information content (AvgIpc) is 3.30. The van der Waals surface area contributed by atoms with Gasteiger partial charge in [0, 0.05) is 0 Å². The van der Waals surface area contributed by atoms with Crippen molar-refractivity contribution in [2.24, 2.45) is 0 Å². The fourth-order valence-electron chi connectivity index (χ4n) is 5.84. The van der Waals surface area contributed by atoms with Gasteiger partial charge in [0.2, 0.25) is 0 Å². The van der Waals surface area contributed by atoms with Gasteiger partial charge < -0.3 is 0 Å². The van der Waals surface area contributed by atoms with E-state index in [0.29, 0.717) is 0 Å². The van der Waals surface area contributed by atoms with Crippen LogP contribution in [0.4, 0.5) is 0 Å². The van der Waals surface area contributed by atoms with E-state index in [9.17, 15) is 15.1 Å². The Labute approximate surface area is 290 Å². The maximum Gasteiger partial charge on any atom is 0.0636 e. The van der Waals surface area contributed by atoms with E-state index in [1.54, 1.807) is 0 Å². The Hall–Kier alpha value is -5.72. The van der Waals surface area contributed by atoms with Gasteiger partial charge in [-0.05, 0) is 104 Å². The first-order valence-corrected chi connectivity index (χ1v) is 13.3. The quantitative estimate of drug-likeness (QED) is 0.183. The molecule has 0 heterocycles. The zero-order valence-corrected chi connectivity index (χ0v) is 22.1. The third kappa shape index (κ3) is 3.28. The van der Waals surface area contributed by atoms with Gasteiger partial charge in [0.15, 0.2) is 0 Å². The first-order chi connectivity index (χ1) is 32.3. The van der Waals surface area contributed by atoms with Crippen LogP contribution in [0.1, 0.15) is 34.3 Å². The first kappa shape index (κ1) is 10.2. The smallest absolute Gasteiger partial charge is 0.0616 e. The number of rotatable bonds is 3. The number of hydrogen-bond acceptors (Lipinski definition) is 0. The molecule has 0 nitrogen and oxygen atoms in total. The molecule has 0 saturated carbocycles. The highest BCUT2D eigenvalue weighted by Crippen LogP contribution is 2.43. The summed E-state index contributed by atoms with van der Waals surface area (Å²) < 4.78 is 226. The molecule has 0 saturated heterocycles. The molecule has 0 amide bonds. The van der Waals surface area contributed by atoms with Crippen LogP contribution >= 0.6 is 0 Å². The van der Waals surface area contributed by atoms with Crippen LogP contribution in [0.2, 0.25) is 0 Å². The second-order valence-corrected chi connectivity index (χ2v) is 10.1. The molecule has 0 aliphatic carbocycles. The van der Waals surface area contributed by atoms with Crippen molar-refractivity contribution in [3.05, 3.63) is 157 Å². The van der Waals surface area contributed by atoms with Gasteiger partial charge in [0.05, 0.1) is 34.3 Å². The second kappa shape index (κ2) is 8.89. The zero-order chi connectivity index (χ0) is 50.5. The van der Waals surface area contributed by atoms with E-state index < -0.39 is 211 Å². The molecule has 0 atom stereocenters. The van der Waals surface area contributed by atoms with Crippen molar-refractivity contribution in [1.82, 2.24) is 0 Å². The molecule has 0 fully saturated rings. The summed E-state index contributed by atoms with van der Waals surface area (Å²) in [5.74, 6) is 0. The molecule has 0 aliphatic rings. The first-order valence-electron chi connectivity index (χ1n) is 25.8. The fraction of sp³-hybridized carbons (Fsp3) is 0. The van der Waals surface area contributed by atoms with Gasteiger partial charge in [-0.15, -0.1) is 0 Å². The van der Waals surface area contributed by atoms with Crippen LogP contribution in [0.25, 0.3) is 98.0 Å². The summed E-state index contributed by atoms with van der Waals surface area (Å²) in [6.45, 7) is 0. The van der Waals surface area contributed by atoms with E-state index in [1.807, 2.05) is 0 Å². The van der Waals surface area contributed by atoms with E-state index in [-0.39, 0.29) is 37.7 Å². The van der Waals surface area contributed by atoms with Crippen LogP contribution in [-0.2, 0) is 0 Å². The van der Waals surface area contributed by atoms with Crippen LogP contribution in [0.5, 0.6) is 0 Å². The lowest BCUT2D eigenvalue weighted by atomic mass is 9.86. The Morgan fingerprint density at radius 3 is 1.50 bits per heavy atom. The molecule has 0 aliphatic heterocycles. The van der Waals surface area contributed by atoms with Gasteiger partial charge >= 0.3 is 0 Å². The highest BCUT2D eigenvalue weighted by molar-refractivity contribution is 6.27. The second-order valence-electron chi connectivity index (χ2n) is 10.1. The summed E-state index contributed by atoms with van der Waals surface area (Å²) >= 11 is 0. The predicted octanol–water partition coefficient (Wildman–Crippen LogP) is 12.5. The van der Waals surface area contributed by atoms with Crippen LogP contribution < -0.4 is 0 Å². The van der Waals surface area contributed by atoms with Crippen molar-refractivity contribution < 1.29 is 34.3 Å². The van der Waals surface area contributed by atoms with Crippen molar-refractivity contribution in [3.63, 3.8) is 0 Å². The molecule has 10 rings (SSSR count). The summed E-state index contributed by atoms with van der Waals surface area (Å²) in [6.07, 6.45) is 0. The fourth-order valence-corrected chi connectivity index (χ4v) is 5.84. The van der Waals surface area contributed by atoms with E-state index in [1.165, 1.54) is 0 Å². The average molecular weight is 580 g/mol. The molecule has 0 spiro atoms. The molecule has 10 aromatic carbocycles. The minimum absolute atomic E-state index is 0.107. The van der Waals surface area contributed by atoms with E-state index in [0.717, 1.165) is 6.07 Å². The van der Waals surface area contributed by atoms with Gasteiger partial charge in [-0.3, -0.25) is 0 Å². The van der Waals surface area contributed by atoms with Crippen LogP contribution in [-0.4, -0.2) is 0 Å². The van der Waals surface area contributed by atoms with E-state index >= 15 is 0 Å². The molecule has 44 heavy (non-hydrogen) atoms. The highest BCUT2D eigenvalue weighted by Gasteiger charge is 2.16. The molecular formula is C44H26. The molecular weight excluding hydrogens is 528 g/mol. The van der Waals surface area contributed by atoms with Crippen molar-refractivity contribution in [3.8, 4) is 33.4 Å². The molecule has 10 aromatic rings. The third-order valence-corrected chi connectivity index (χ3v) is 7.76. The Bertz CT molecular complexity index is 4100. The van der Waals surface area contributed by atoms with Crippen molar-refractivity contribution in [1.29, 1.82) is 0 Å². The van der Waals surface area contributed by atoms with Crippen LogP contribution in [0.3, 0.4) is 0 Å². The summed E-state index contributed by atoms with van der Waals surface area (Å²) in [5, 5.41) is -3.99. The molecule has 0 heteroatoms. The van der Waals surface area contributed by atoms with Gasteiger partial charge in [-0.1, -0.05) is 151 Å². The Kier molecular flexibility index (Phi) is 2.06. The van der Waals surface area contributed by atoms with Crippen LogP contribution in [0, 0.1) is 0 Å². The Morgan fingerprint density at radius 1 is 0.295 bits per heavy atom. The van der Waals surface area contributed by atoms with Gasteiger partial charge in [0.1, 0.15) is 0 Å². The van der Waals surface area contributed by atoms with Crippen LogP contribution in [0.15, 0.2) is 157 Å². The Morgan fingerprint density at radius 2 is 0.773 bits per heavy atom. The maximum atomic E-state index is 9.83. The maximum absolute atomic E-state index is 9.83. The molecule has 0 aromatic heterocycles. The van der Waals surface area contributed by atoms with Crippen molar-refractivity contribution >= 4 is 64.6 Å². The Balaban J connectivity index is 1.44. The van der Waals surface area contributed by atoms with E-state index in [4.69, 9.17) is 19.2 Å². The normalized spacial score (nSPS) is 20.0. The van der Waals surface area contributed by atoms with Crippen molar-refractivity contribution in [2.75, 3.05) is 0 Å². The molecule has 0 bridgehead atoms. The summed E-state index contributed by atoms with van der Waals surface area (Å²) in [5.41, 5.74) is -4.55. The summed E-state index contributed by atoms with van der Waals surface area (Å²) in [6, 6.07) is -19.1. The monoisotopic (exact) mass is 579 g/mol. The molecule has 202 valence electrons. The minimum atomic E-state index is -1.03. The predicted molar refractivity (Wildman–Crippen MR) is 190 cm³/mol. The number of benzene rings is 10. The molecule has 0 radical (unpaired) electrons. The largest absolute Gasteiger partial charge is 0.0636 e. The SMILES string of the molecule is [2H]c1cc2c([2H])c([2H])c3c([2H])c([2H])c(-c4c([2H])c([2H])c([2H])c(-c5c([2H])c([2H])c([2H])c([2H])c5-c5c([2H])c([2H])c6c([2H])c([2H])c7c([2H])c([2H])c([2H])c8c([2H])c([2H])c5c6c78)c4[2H])c4c([2H])c([2H])c(c1[2H])c2c34. The molecule has 0 unspecified atom stereocenters. The zero-order valence-electron chi connectivity index (χ0n) is 47.1. The summed E-state index contributed by atoms with van der Waals surface area (Å²) in [4.78, 5) is 0. The lowest BCUT2D eigenvalue weighted by Crippen LogP contribution is -1.90. The van der Waals surface area contributed by atoms with Crippen molar-refractivity contribution in [2.45, 2.75) is 0 Å².